The van der Waals surface area contributed by atoms with E-state index >= 15 is 0 Å². The average molecular weight is 385 g/mol. The molecule has 1 N–H and O–H groups in total. The Morgan fingerprint density at radius 3 is 2.76 bits per heavy atom. The quantitative estimate of drug-likeness (QED) is 0.481. The first kappa shape index (κ1) is 14.7. The molecular weight excluding hydrogens is 375 g/mol. The maximum atomic E-state index is 11.9. The van der Waals surface area contributed by atoms with E-state index in [1.54, 1.807) is 0 Å². The van der Waals surface area contributed by atoms with E-state index in [9.17, 15) is 8.42 Å². The van der Waals surface area contributed by atoms with Gasteiger partial charge in [0, 0.05) is 11.0 Å². The van der Waals surface area contributed by atoms with Gasteiger partial charge in [-0.3, -0.25) is 0 Å². The fourth-order valence-electron chi connectivity index (χ4n) is 1.13. The van der Waals surface area contributed by atoms with Crippen molar-refractivity contribution in [1.29, 1.82) is 5.26 Å². The zero-order valence-electron chi connectivity index (χ0n) is 8.78. The first-order valence-corrected chi connectivity index (χ1v) is 8.15. The van der Waals surface area contributed by atoms with E-state index in [-0.39, 0.29) is 15.5 Å². The van der Waals surface area contributed by atoms with Gasteiger partial charge >= 0.3 is 0 Å². The number of rotatable bonds is 5. The van der Waals surface area contributed by atoms with Crippen LogP contribution in [0.2, 0.25) is 5.02 Å². The number of benzene rings is 1. The molecule has 0 amide bonds. The highest BCUT2D eigenvalue weighted by atomic mass is 127. The minimum absolute atomic E-state index is 0.0494. The molecule has 1 aromatic rings. The topological polar surface area (TPSA) is 70.0 Å². The molecule has 0 unspecified atom stereocenters. The zero-order chi connectivity index (χ0) is 12.9. The van der Waals surface area contributed by atoms with Crippen molar-refractivity contribution in [2.45, 2.75) is 11.3 Å². The highest BCUT2D eigenvalue weighted by Gasteiger charge is 2.17. The summed E-state index contributed by atoms with van der Waals surface area (Å²) >= 11 is 7.99. The van der Waals surface area contributed by atoms with Crippen LogP contribution in [0.4, 0.5) is 0 Å². The maximum Gasteiger partial charge on any atom is 0.242 e. The summed E-state index contributed by atoms with van der Waals surface area (Å²) in [5, 5.41) is 8.84. The van der Waals surface area contributed by atoms with Crippen LogP contribution in [0.5, 0.6) is 0 Å². The van der Waals surface area contributed by atoms with E-state index in [0.29, 0.717) is 6.54 Å². The van der Waals surface area contributed by atoms with Crippen LogP contribution >= 0.6 is 34.2 Å². The SMILES string of the molecule is N#Cc1ccc(Cl)c(S(=O)(=O)NCCCI)c1. The van der Waals surface area contributed by atoms with Gasteiger partial charge < -0.3 is 0 Å². The van der Waals surface area contributed by atoms with Crippen molar-refractivity contribution >= 4 is 44.2 Å². The number of halogens is 2. The van der Waals surface area contributed by atoms with Gasteiger partial charge in [0.15, 0.2) is 0 Å². The van der Waals surface area contributed by atoms with E-state index in [2.05, 4.69) is 27.3 Å². The number of sulfonamides is 1. The third-order valence-corrected chi connectivity index (χ3v) is 4.66. The molecule has 0 fully saturated rings. The summed E-state index contributed by atoms with van der Waals surface area (Å²) in [6.07, 6.45) is 0.745. The Morgan fingerprint density at radius 2 is 2.18 bits per heavy atom. The summed E-state index contributed by atoms with van der Waals surface area (Å²) < 4.78 is 27.1. The maximum absolute atomic E-state index is 11.9. The molecule has 1 rings (SSSR count). The van der Waals surface area contributed by atoms with Gasteiger partial charge in [-0.15, -0.1) is 0 Å². The Kier molecular flexibility index (Phi) is 5.66. The first-order valence-electron chi connectivity index (χ1n) is 4.76. The predicted molar refractivity (Wildman–Crippen MR) is 74.9 cm³/mol. The van der Waals surface area contributed by atoms with Crippen LogP contribution in [-0.2, 0) is 10.0 Å². The van der Waals surface area contributed by atoms with Gasteiger partial charge in [0.2, 0.25) is 10.0 Å². The molecule has 0 aliphatic carbocycles. The van der Waals surface area contributed by atoms with Gasteiger partial charge in [0.05, 0.1) is 16.7 Å². The number of nitrogens with one attached hydrogen (secondary N) is 1. The third-order valence-electron chi connectivity index (χ3n) is 1.95. The average Bonchev–Trinajstić information content (AvgIpc) is 2.29. The van der Waals surface area contributed by atoms with Crippen molar-refractivity contribution in [3.05, 3.63) is 28.8 Å². The van der Waals surface area contributed by atoms with Crippen LogP contribution in [0.3, 0.4) is 0 Å². The van der Waals surface area contributed by atoms with Crippen LogP contribution < -0.4 is 4.72 Å². The largest absolute Gasteiger partial charge is 0.242 e. The van der Waals surface area contributed by atoms with Crippen molar-refractivity contribution in [3.63, 3.8) is 0 Å². The summed E-state index contributed by atoms with van der Waals surface area (Å²) in [6.45, 7) is 0.360. The molecule has 0 heterocycles. The van der Waals surface area contributed by atoms with Gasteiger partial charge in [0.25, 0.3) is 0 Å². The molecular formula is C10H10ClIN2O2S. The fraction of sp³-hybridized carbons (Fsp3) is 0.300. The molecule has 0 aliphatic heterocycles. The Balaban J connectivity index is 3.02. The molecule has 0 saturated heterocycles. The van der Waals surface area contributed by atoms with Crippen molar-refractivity contribution in [3.8, 4) is 6.07 Å². The summed E-state index contributed by atoms with van der Waals surface area (Å²) in [4.78, 5) is -0.0494. The molecule has 0 atom stereocenters. The second-order valence-electron chi connectivity index (χ2n) is 3.20. The minimum Gasteiger partial charge on any atom is -0.211 e. The van der Waals surface area contributed by atoms with Crippen LogP contribution in [0.1, 0.15) is 12.0 Å². The van der Waals surface area contributed by atoms with Crippen LogP contribution in [0.25, 0.3) is 0 Å². The molecule has 0 radical (unpaired) electrons. The number of alkyl halides is 1. The number of hydrogen-bond donors (Lipinski definition) is 1. The lowest BCUT2D eigenvalue weighted by molar-refractivity contribution is 0.581. The second kappa shape index (κ2) is 6.54. The molecule has 0 spiro atoms. The summed E-state index contributed by atoms with van der Waals surface area (Å²) in [7, 11) is -3.63. The number of nitriles is 1. The van der Waals surface area contributed by atoms with Crippen LogP contribution in [0, 0.1) is 11.3 Å². The molecule has 0 saturated carbocycles. The highest BCUT2D eigenvalue weighted by molar-refractivity contribution is 14.1. The van der Waals surface area contributed by atoms with Gasteiger partial charge in [-0.1, -0.05) is 34.2 Å². The van der Waals surface area contributed by atoms with E-state index in [1.165, 1.54) is 18.2 Å². The zero-order valence-corrected chi connectivity index (χ0v) is 12.5. The van der Waals surface area contributed by atoms with Crippen molar-refractivity contribution in [1.82, 2.24) is 4.72 Å². The Labute approximate surface area is 119 Å². The fourth-order valence-corrected chi connectivity index (χ4v) is 3.11. The van der Waals surface area contributed by atoms with E-state index in [1.807, 2.05) is 6.07 Å². The summed E-state index contributed by atoms with van der Waals surface area (Å²) in [6, 6.07) is 6.04. The molecule has 0 aliphatic rings. The third kappa shape index (κ3) is 4.10. The first-order chi connectivity index (χ1) is 8.01. The Bertz CT molecular complexity index is 540. The summed E-state index contributed by atoms with van der Waals surface area (Å²) in [5.74, 6) is 0. The standard InChI is InChI=1S/C10H10ClIN2O2S/c11-9-3-2-8(7-13)6-10(9)17(15,16)14-5-1-4-12/h2-3,6,14H,1,4-5H2. The lowest BCUT2D eigenvalue weighted by atomic mass is 10.2. The van der Waals surface area contributed by atoms with Crippen molar-refractivity contribution in [2.75, 3.05) is 11.0 Å². The smallest absolute Gasteiger partial charge is 0.211 e. The van der Waals surface area contributed by atoms with E-state index < -0.39 is 10.0 Å². The molecule has 0 bridgehead atoms. The Morgan fingerprint density at radius 1 is 1.47 bits per heavy atom. The lowest BCUT2D eigenvalue weighted by Gasteiger charge is -2.07. The van der Waals surface area contributed by atoms with Crippen LogP contribution in [0.15, 0.2) is 23.1 Å². The molecule has 7 heteroatoms. The molecule has 4 nitrogen and oxygen atoms in total. The molecule has 92 valence electrons. The lowest BCUT2D eigenvalue weighted by Crippen LogP contribution is -2.25. The monoisotopic (exact) mass is 384 g/mol. The second-order valence-corrected chi connectivity index (χ2v) is 6.42. The van der Waals surface area contributed by atoms with Gasteiger partial charge in [-0.05, 0) is 24.6 Å². The van der Waals surface area contributed by atoms with Gasteiger partial charge in [-0.2, -0.15) is 5.26 Å². The normalized spacial score (nSPS) is 11.1. The molecule has 1 aromatic carbocycles. The van der Waals surface area contributed by atoms with Gasteiger partial charge in [-0.25, -0.2) is 13.1 Å². The number of nitrogens with zero attached hydrogens (tertiary/aromatic N) is 1. The molecule has 17 heavy (non-hydrogen) atoms. The highest BCUT2D eigenvalue weighted by Crippen LogP contribution is 2.22. The van der Waals surface area contributed by atoms with Gasteiger partial charge in [0.1, 0.15) is 4.90 Å². The van der Waals surface area contributed by atoms with E-state index in [0.717, 1.165) is 10.8 Å². The van der Waals surface area contributed by atoms with Crippen molar-refractivity contribution in [2.24, 2.45) is 0 Å². The molecule has 0 aromatic heterocycles. The minimum atomic E-state index is -3.63. The van der Waals surface area contributed by atoms with Crippen LogP contribution in [-0.4, -0.2) is 19.4 Å². The number of hydrogen-bond acceptors (Lipinski definition) is 3. The predicted octanol–water partition coefficient (Wildman–Crippen LogP) is 2.32. The van der Waals surface area contributed by atoms with Crippen molar-refractivity contribution < 1.29 is 8.42 Å². The summed E-state index contributed by atoms with van der Waals surface area (Å²) in [5.41, 5.74) is 0.267. The Hall–Kier alpha value is -0.360. The van der Waals surface area contributed by atoms with E-state index in [4.69, 9.17) is 16.9 Å².